The molecule has 1 saturated heterocycles. The normalized spacial score (nSPS) is 19.0. The summed E-state index contributed by atoms with van der Waals surface area (Å²) in [5, 5.41) is 14.8. The summed E-state index contributed by atoms with van der Waals surface area (Å²) in [5.41, 5.74) is 3.98. The molecule has 2 aliphatic rings. The molecule has 4 rings (SSSR count). The van der Waals surface area contributed by atoms with Crippen molar-refractivity contribution in [1.29, 1.82) is 0 Å². The second-order valence-corrected chi connectivity index (χ2v) is 9.82. The van der Waals surface area contributed by atoms with E-state index in [0.717, 1.165) is 11.1 Å². The number of nitrogens with one attached hydrogen (secondary N) is 2. The van der Waals surface area contributed by atoms with Crippen molar-refractivity contribution < 1.29 is 29.0 Å². The van der Waals surface area contributed by atoms with E-state index < -0.39 is 23.7 Å². The number of aliphatic carboxylic acids is 1. The number of fused-ring (bicyclic) bond motifs is 3. The van der Waals surface area contributed by atoms with Crippen LogP contribution in [0.4, 0.5) is 4.79 Å². The number of carboxylic acids is 1. The van der Waals surface area contributed by atoms with E-state index in [-0.39, 0.29) is 37.3 Å². The van der Waals surface area contributed by atoms with E-state index in [4.69, 9.17) is 14.6 Å². The van der Waals surface area contributed by atoms with Crippen LogP contribution in [0.3, 0.4) is 0 Å². The quantitative estimate of drug-likeness (QED) is 0.504. The number of ether oxygens (including phenoxy) is 2. The van der Waals surface area contributed by atoms with Crippen LogP contribution in [0, 0.1) is 5.92 Å². The summed E-state index contributed by atoms with van der Waals surface area (Å²) in [6, 6.07) is 16.3. The van der Waals surface area contributed by atoms with Crippen LogP contribution in [0.15, 0.2) is 48.5 Å². The van der Waals surface area contributed by atoms with Gasteiger partial charge in [-0.2, -0.15) is 0 Å². The lowest BCUT2D eigenvalue weighted by atomic mass is 9.97. The van der Waals surface area contributed by atoms with Gasteiger partial charge in [0.1, 0.15) is 6.61 Å². The summed E-state index contributed by atoms with van der Waals surface area (Å²) >= 11 is 0. The summed E-state index contributed by atoms with van der Waals surface area (Å²) < 4.78 is 10.8. The zero-order chi connectivity index (χ0) is 25.0. The Kier molecular flexibility index (Phi) is 7.40. The van der Waals surface area contributed by atoms with Crippen molar-refractivity contribution in [3.8, 4) is 11.1 Å². The van der Waals surface area contributed by atoms with Gasteiger partial charge in [-0.15, -0.1) is 0 Å². The highest BCUT2D eigenvalue weighted by molar-refractivity contribution is 5.79. The molecule has 1 aliphatic carbocycles. The second-order valence-electron chi connectivity index (χ2n) is 9.82. The molecule has 2 aromatic rings. The van der Waals surface area contributed by atoms with Crippen molar-refractivity contribution in [1.82, 2.24) is 10.6 Å². The fraction of sp³-hybridized carbons (Fsp3) is 0.444. The largest absolute Gasteiger partial charge is 0.479 e. The number of benzene rings is 2. The van der Waals surface area contributed by atoms with Gasteiger partial charge in [0.05, 0.1) is 0 Å². The van der Waals surface area contributed by atoms with Gasteiger partial charge in [0.15, 0.2) is 6.10 Å². The van der Waals surface area contributed by atoms with Crippen LogP contribution in [-0.2, 0) is 19.1 Å². The number of amides is 2. The van der Waals surface area contributed by atoms with Gasteiger partial charge in [-0.05, 0) is 48.9 Å². The summed E-state index contributed by atoms with van der Waals surface area (Å²) in [6.45, 7) is 4.55. The maximum Gasteiger partial charge on any atom is 0.407 e. The SMILES string of the molecule is CC(C)(CCC(=O)NC[C@H]1CCO[C@H]1C(=O)O)NC(=O)OCC1c2ccccc2-c2ccccc21. The first-order valence-electron chi connectivity index (χ1n) is 12.0. The van der Waals surface area contributed by atoms with Gasteiger partial charge in [0.25, 0.3) is 0 Å². The number of hydrogen-bond acceptors (Lipinski definition) is 5. The summed E-state index contributed by atoms with van der Waals surface area (Å²) in [5.74, 6) is -1.45. The fourth-order valence-electron chi connectivity index (χ4n) is 4.85. The van der Waals surface area contributed by atoms with Crippen LogP contribution in [-0.4, -0.2) is 54.5 Å². The molecule has 0 bridgehead atoms. The molecule has 0 aromatic heterocycles. The van der Waals surface area contributed by atoms with E-state index in [9.17, 15) is 14.4 Å². The summed E-state index contributed by atoms with van der Waals surface area (Å²) in [6.07, 6.45) is -0.188. The van der Waals surface area contributed by atoms with E-state index in [0.29, 0.717) is 19.4 Å². The average Bonchev–Trinajstić information content (AvgIpc) is 3.43. The first-order chi connectivity index (χ1) is 16.7. The van der Waals surface area contributed by atoms with Crippen molar-refractivity contribution in [2.45, 2.75) is 50.7 Å². The highest BCUT2D eigenvalue weighted by Gasteiger charge is 2.34. The summed E-state index contributed by atoms with van der Waals surface area (Å²) in [4.78, 5) is 36.1. The lowest BCUT2D eigenvalue weighted by molar-refractivity contribution is -0.149. The molecule has 3 N–H and O–H groups in total. The van der Waals surface area contributed by atoms with Crippen molar-refractivity contribution in [2.75, 3.05) is 19.8 Å². The second kappa shape index (κ2) is 10.5. The molecular weight excluding hydrogens is 448 g/mol. The molecule has 1 aliphatic heterocycles. The molecule has 0 saturated carbocycles. The van der Waals surface area contributed by atoms with Gasteiger partial charge in [-0.1, -0.05) is 48.5 Å². The fourth-order valence-corrected chi connectivity index (χ4v) is 4.85. The minimum atomic E-state index is -1.00. The third kappa shape index (κ3) is 5.82. The Morgan fingerprint density at radius 1 is 1.06 bits per heavy atom. The predicted molar refractivity (Wildman–Crippen MR) is 130 cm³/mol. The molecule has 0 unspecified atom stereocenters. The van der Waals surface area contributed by atoms with E-state index in [2.05, 4.69) is 34.9 Å². The average molecular weight is 481 g/mol. The Morgan fingerprint density at radius 3 is 2.31 bits per heavy atom. The van der Waals surface area contributed by atoms with Crippen molar-refractivity contribution in [3.05, 3.63) is 59.7 Å². The van der Waals surface area contributed by atoms with Crippen LogP contribution >= 0.6 is 0 Å². The molecule has 186 valence electrons. The molecule has 2 amide bonds. The number of rotatable bonds is 9. The lowest BCUT2D eigenvalue weighted by Crippen LogP contribution is -2.45. The first kappa shape index (κ1) is 24.7. The van der Waals surface area contributed by atoms with Crippen molar-refractivity contribution in [2.24, 2.45) is 5.92 Å². The Morgan fingerprint density at radius 2 is 1.69 bits per heavy atom. The molecule has 8 nitrogen and oxygen atoms in total. The number of hydrogen-bond donors (Lipinski definition) is 3. The monoisotopic (exact) mass is 480 g/mol. The Balaban J connectivity index is 1.24. The van der Waals surface area contributed by atoms with E-state index in [1.54, 1.807) is 0 Å². The predicted octanol–water partition coefficient (Wildman–Crippen LogP) is 3.69. The topological polar surface area (TPSA) is 114 Å². The molecular formula is C27H32N2O6. The maximum absolute atomic E-state index is 12.6. The third-order valence-electron chi connectivity index (χ3n) is 6.78. The van der Waals surface area contributed by atoms with Crippen LogP contribution in [0.2, 0.25) is 0 Å². The van der Waals surface area contributed by atoms with Crippen LogP contribution in [0.25, 0.3) is 11.1 Å². The maximum atomic E-state index is 12.6. The van der Waals surface area contributed by atoms with Gasteiger partial charge in [-0.25, -0.2) is 9.59 Å². The zero-order valence-corrected chi connectivity index (χ0v) is 20.1. The summed E-state index contributed by atoms with van der Waals surface area (Å²) in [7, 11) is 0. The minimum Gasteiger partial charge on any atom is -0.479 e. The highest BCUT2D eigenvalue weighted by atomic mass is 16.5. The van der Waals surface area contributed by atoms with E-state index >= 15 is 0 Å². The lowest BCUT2D eigenvalue weighted by Gasteiger charge is -2.26. The van der Waals surface area contributed by atoms with E-state index in [1.807, 2.05) is 38.1 Å². The zero-order valence-electron chi connectivity index (χ0n) is 20.1. The number of carboxylic acid groups (broad SMARTS) is 1. The van der Waals surface area contributed by atoms with Crippen LogP contribution < -0.4 is 10.6 Å². The number of carbonyl (C=O) groups excluding carboxylic acids is 2. The highest BCUT2D eigenvalue weighted by Crippen LogP contribution is 2.44. The van der Waals surface area contributed by atoms with Crippen molar-refractivity contribution >= 4 is 18.0 Å². The molecule has 35 heavy (non-hydrogen) atoms. The standard InChI is InChI=1S/C27H32N2O6/c1-27(2,13-11-23(30)28-15-17-12-14-34-24(17)25(31)32)29-26(33)35-16-22-20-9-5-3-7-18(20)19-8-4-6-10-21(19)22/h3-10,17,22,24H,11-16H2,1-2H3,(H,28,30)(H,29,33)(H,31,32)/t17-,24-/m1/s1. The van der Waals surface area contributed by atoms with Gasteiger partial charge in [0.2, 0.25) is 5.91 Å². The molecule has 1 fully saturated rings. The molecule has 0 radical (unpaired) electrons. The van der Waals surface area contributed by atoms with Crippen LogP contribution in [0.5, 0.6) is 0 Å². The van der Waals surface area contributed by atoms with Crippen LogP contribution in [0.1, 0.15) is 50.2 Å². The van der Waals surface area contributed by atoms with Crippen molar-refractivity contribution in [3.63, 3.8) is 0 Å². The molecule has 1 heterocycles. The molecule has 2 atom stereocenters. The molecule has 2 aromatic carbocycles. The van der Waals surface area contributed by atoms with E-state index in [1.165, 1.54) is 11.1 Å². The first-order valence-corrected chi connectivity index (χ1v) is 12.0. The van der Waals surface area contributed by atoms with Gasteiger partial charge in [-0.3, -0.25) is 4.79 Å². The smallest absolute Gasteiger partial charge is 0.407 e. The Bertz CT molecular complexity index is 1050. The minimum absolute atomic E-state index is 0.0174. The molecule has 0 spiro atoms. The Labute approximate surface area is 205 Å². The molecule has 8 heteroatoms. The Hall–Kier alpha value is -3.39. The third-order valence-corrected chi connectivity index (χ3v) is 6.78. The van der Waals surface area contributed by atoms with Gasteiger partial charge < -0.3 is 25.2 Å². The van der Waals surface area contributed by atoms with Gasteiger partial charge >= 0.3 is 12.1 Å². The number of carbonyl (C=O) groups is 3. The van der Waals surface area contributed by atoms with Gasteiger partial charge in [0, 0.05) is 36.9 Å². The number of alkyl carbamates (subject to hydrolysis) is 1.